The summed E-state index contributed by atoms with van der Waals surface area (Å²) in [6.45, 7) is 2.08. The zero-order valence-electron chi connectivity index (χ0n) is 6.16. The lowest BCUT2D eigenvalue weighted by molar-refractivity contribution is 0.807. The van der Waals surface area contributed by atoms with Gasteiger partial charge >= 0.3 is 0 Å². The van der Waals surface area contributed by atoms with Gasteiger partial charge in [0.1, 0.15) is 10.9 Å². The first kappa shape index (κ1) is 7.63. The van der Waals surface area contributed by atoms with Gasteiger partial charge in [0.15, 0.2) is 0 Å². The van der Waals surface area contributed by atoms with Crippen molar-refractivity contribution < 1.29 is 0 Å². The second-order valence-corrected chi connectivity index (χ2v) is 2.73. The van der Waals surface area contributed by atoms with Crippen LogP contribution >= 0.6 is 11.9 Å². The van der Waals surface area contributed by atoms with Crippen LogP contribution in [0.15, 0.2) is 11.2 Å². The monoisotopic (exact) mass is 157 g/mol. The molecule has 0 amide bonds. The zero-order valence-corrected chi connectivity index (χ0v) is 6.98. The first-order valence-electron chi connectivity index (χ1n) is 3.17. The van der Waals surface area contributed by atoms with Gasteiger partial charge in [-0.2, -0.15) is 0 Å². The summed E-state index contributed by atoms with van der Waals surface area (Å²) < 4.78 is 2.00. The fourth-order valence-electron chi connectivity index (χ4n) is 0.860. The number of nitrogens with zero attached hydrogens (tertiary/aromatic N) is 2. The summed E-state index contributed by atoms with van der Waals surface area (Å²) in [5, 5.41) is 6.22. The Hall–Kier alpha value is -0.480. The molecule has 0 aromatic carbocycles. The molecule has 0 spiro atoms. The number of aromatic nitrogens is 2. The molecule has 1 aromatic rings. The van der Waals surface area contributed by atoms with Crippen LogP contribution in [-0.4, -0.2) is 9.55 Å². The first-order valence-corrected chi connectivity index (χ1v) is 4.05. The Morgan fingerprint density at radius 2 is 2.50 bits per heavy atom. The van der Waals surface area contributed by atoms with Crippen LogP contribution in [0.1, 0.15) is 12.7 Å². The highest BCUT2D eigenvalue weighted by atomic mass is 32.2. The summed E-state index contributed by atoms with van der Waals surface area (Å²) in [5.74, 6) is 1.08. The molecule has 3 nitrogen and oxygen atoms in total. The third kappa shape index (κ3) is 1.33. The molecule has 56 valence electrons. The average Bonchev–Trinajstić information content (AvgIpc) is 2.30. The summed E-state index contributed by atoms with van der Waals surface area (Å²) >= 11 is 1.19. The average molecular weight is 157 g/mol. The summed E-state index contributed by atoms with van der Waals surface area (Å²) in [4.78, 5) is 4.25. The van der Waals surface area contributed by atoms with Gasteiger partial charge in [0, 0.05) is 19.7 Å². The van der Waals surface area contributed by atoms with Crippen LogP contribution in [0.4, 0.5) is 0 Å². The molecule has 1 aromatic heterocycles. The van der Waals surface area contributed by atoms with E-state index in [1.54, 1.807) is 0 Å². The summed E-state index contributed by atoms with van der Waals surface area (Å²) in [7, 11) is 1.98. The third-order valence-electron chi connectivity index (χ3n) is 1.39. The van der Waals surface area contributed by atoms with Crippen molar-refractivity contribution in [3.63, 3.8) is 0 Å². The molecular formula is C6H11N3S. The van der Waals surface area contributed by atoms with Crippen molar-refractivity contribution in [3.8, 4) is 0 Å². The van der Waals surface area contributed by atoms with Crippen LogP contribution in [0.2, 0.25) is 0 Å². The fraction of sp³-hybridized carbons (Fsp3) is 0.500. The quantitative estimate of drug-likeness (QED) is 0.650. The van der Waals surface area contributed by atoms with E-state index in [0.29, 0.717) is 0 Å². The molecule has 0 aliphatic rings. The maximum Gasteiger partial charge on any atom is 0.129 e. The molecule has 1 rings (SSSR count). The predicted octanol–water partition coefficient (Wildman–Crippen LogP) is 0.948. The molecule has 0 saturated heterocycles. The summed E-state index contributed by atoms with van der Waals surface area (Å²) in [6.07, 6.45) is 2.89. The minimum absolute atomic E-state index is 0.888. The van der Waals surface area contributed by atoms with Crippen molar-refractivity contribution in [2.24, 2.45) is 12.2 Å². The zero-order chi connectivity index (χ0) is 7.56. The Kier molecular flexibility index (Phi) is 2.34. The Labute approximate surface area is 64.8 Å². The Balaban J connectivity index is 2.92. The number of hydrogen-bond donors (Lipinski definition) is 1. The number of aryl methyl sites for hydroxylation is 2. The lowest BCUT2D eigenvalue weighted by atomic mass is 10.5. The van der Waals surface area contributed by atoms with Crippen molar-refractivity contribution in [1.82, 2.24) is 9.55 Å². The van der Waals surface area contributed by atoms with Crippen LogP contribution in [0.3, 0.4) is 0 Å². The van der Waals surface area contributed by atoms with E-state index in [4.69, 9.17) is 5.14 Å². The standard InChI is InChI=1S/C6H11N3S/c1-3-5-8-6(10-7)4-9(5)2/h4H,3,7H2,1-2H3. The second kappa shape index (κ2) is 3.07. The minimum atomic E-state index is 0.888. The smallest absolute Gasteiger partial charge is 0.129 e. The van der Waals surface area contributed by atoms with Crippen molar-refractivity contribution >= 4 is 11.9 Å². The predicted molar refractivity (Wildman–Crippen MR) is 42.6 cm³/mol. The molecule has 10 heavy (non-hydrogen) atoms. The van der Waals surface area contributed by atoms with E-state index in [-0.39, 0.29) is 0 Å². The van der Waals surface area contributed by atoms with Gasteiger partial charge < -0.3 is 4.57 Å². The fourth-order valence-corrected chi connectivity index (χ4v) is 1.24. The van der Waals surface area contributed by atoms with Crippen molar-refractivity contribution in [3.05, 3.63) is 12.0 Å². The molecule has 0 saturated carbocycles. The molecule has 0 unspecified atom stereocenters. The first-order chi connectivity index (χ1) is 4.77. The molecule has 0 aliphatic heterocycles. The van der Waals surface area contributed by atoms with Gasteiger partial charge in [-0.25, -0.2) is 4.98 Å². The lowest BCUT2D eigenvalue weighted by Crippen LogP contribution is -1.93. The van der Waals surface area contributed by atoms with Crippen molar-refractivity contribution in [2.75, 3.05) is 0 Å². The molecule has 2 N–H and O–H groups in total. The van der Waals surface area contributed by atoms with Gasteiger partial charge in [0.25, 0.3) is 0 Å². The van der Waals surface area contributed by atoms with Crippen molar-refractivity contribution in [2.45, 2.75) is 18.4 Å². The van der Waals surface area contributed by atoms with Crippen molar-refractivity contribution in [1.29, 1.82) is 0 Å². The number of imidazole rings is 1. The van der Waals surface area contributed by atoms with Gasteiger partial charge in [-0.15, -0.1) is 0 Å². The van der Waals surface area contributed by atoms with E-state index in [0.717, 1.165) is 17.3 Å². The SMILES string of the molecule is CCc1nc(SN)cn1C. The van der Waals surface area contributed by atoms with Crippen LogP contribution in [-0.2, 0) is 13.5 Å². The third-order valence-corrected chi connectivity index (χ3v) is 1.83. The van der Waals surface area contributed by atoms with Gasteiger partial charge in [0.05, 0.1) is 0 Å². The molecule has 0 radical (unpaired) electrons. The molecular weight excluding hydrogens is 146 g/mol. The summed E-state index contributed by atoms with van der Waals surface area (Å²) in [6, 6.07) is 0. The topological polar surface area (TPSA) is 43.8 Å². The maximum absolute atomic E-state index is 5.33. The van der Waals surface area contributed by atoms with Gasteiger partial charge in [0.2, 0.25) is 0 Å². The Morgan fingerprint density at radius 3 is 2.80 bits per heavy atom. The van der Waals surface area contributed by atoms with E-state index in [2.05, 4.69) is 11.9 Å². The van der Waals surface area contributed by atoms with E-state index in [1.165, 1.54) is 11.9 Å². The van der Waals surface area contributed by atoms with E-state index < -0.39 is 0 Å². The molecule has 1 heterocycles. The van der Waals surface area contributed by atoms with Crippen LogP contribution in [0.25, 0.3) is 0 Å². The van der Waals surface area contributed by atoms with Gasteiger partial charge in [-0.1, -0.05) is 6.92 Å². The van der Waals surface area contributed by atoms with E-state index in [9.17, 15) is 0 Å². The molecule has 0 atom stereocenters. The number of hydrogen-bond acceptors (Lipinski definition) is 3. The number of nitrogens with two attached hydrogens (primary N) is 1. The molecule has 0 fully saturated rings. The second-order valence-electron chi connectivity index (χ2n) is 2.08. The van der Waals surface area contributed by atoms with Gasteiger partial charge in [-0.05, 0) is 11.9 Å². The molecule has 0 aliphatic carbocycles. The van der Waals surface area contributed by atoms with E-state index >= 15 is 0 Å². The number of rotatable bonds is 2. The maximum atomic E-state index is 5.33. The highest BCUT2D eigenvalue weighted by Gasteiger charge is 2.00. The minimum Gasteiger partial charge on any atom is -0.337 e. The largest absolute Gasteiger partial charge is 0.337 e. The molecule has 0 bridgehead atoms. The molecule has 4 heteroatoms. The lowest BCUT2D eigenvalue weighted by Gasteiger charge is -1.92. The highest BCUT2D eigenvalue weighted by Crippen LogP contribution is 2.09. The highest BCUT2D eigenvalue weighted by molar-refractivity contribution is 7.97. The summed E-state index contributed by atoms with van der Waals surface area (Å²) in [5.41, 5.74) is 0. The van der Waals surface area contributed by atoms with E-state index in [1.807, 2.05) is 17.8 Å². The Morgan fingerprint density at radius 1 is 1.80 bits per heavy atom. The Bertz CT molecular complexity index is 219. The van der Waals surface area contributed by atoms with Crippen LogP contribution in [0.5, 0.6) is 0 Å². The van der Waals surface area contributed by atoms with Gasteiger partial charge in [-0.3, -0.25) is 5.14 Å². The normalized spacial score (nSPS) is 10.3. The van der Waals surface area contributed by atoms with Crippen LogP contribution in [0, 0.1) is 0 Å². The van der Waals surface area contributed by atoms with Crippen LogP contribution < -0.4 is 5.14 Å².